The Morgan fingerprint density at radius 1 is 1.38 bits per heavy atom. The standard InChI is InChI=1S/C13H15BrN2O4S/c14-11-6-7-12(16(17)18)13(8-11)21(19,20)15-9-10-4-2-1-3-5-10/h1-2,6-8,10,15H,3-5,9H2. The van der Waals surface area contributed by atoms with Gasteiger partial charge in [-0.15, -0.1) is 0 Å². The van der Waals surface area contributed by atoms with Gasteiger partial charge in [0.05, 0.1) is 4.92 Å². The molecular weight excluding hydrogens is 360 g/mol. The molecule has 0 radical (unpaired) electrons. The van der Waals surface area contributed by atoms with Crippen molar-refractivity contribution in [3.8, 4) is 0 Å². The summed E-state index contributed by atoms with van der Waals surface area (Å²) in [5.74, 6) is 0.232. The quantitative estimate of drug-likeness (QED) is 0.487. The molecule has 1 unspecified atom stereocenters. The van der Waals surface area contributed by atoms with Crippen molar-refractivity contribution in [3.63, 3.8) is 0 Å². The van der Waals surface area contributed by atoms with Crippen LogP contribution in [0.3, 0.4) is 0 Å². The lowest BCUT2D eigenvalue weighted by Gasteiger charge is -2.18. The summed E-state index contributed by atoms with van der Waals surface area (Å²) in [4.78, 5) is 9.97. The maximum atomic E-state index is 12.3. The van der Waals surface area contributed by atoms with Crippen LogP contribution in [0, 0.1) is 16.0 Å². The van der Waals surface area contributed by atoms with Crippen LogP contribution in [0.1, 0.15) is 19.3 Å². The Bertz CT molecular complexity index is 673. The van der Waals surface area contributed by atoms with Gasteiger partial charge in [-0.3, -0.25) is 10.1 Å². The molecule has 8 heteroatoms. The summed E-state index contributed by atoms with van der Waals surface area (Å²) in [7, 11) is -3.90. The zero-order valence-corrected chi connectivity index (χ0v) is 13.6. The van der Waals surface area contributed by atoms with Gasteiger partial charge in [-0.05, 0) is 37.3 Å². The van der Waals surface area contributed by atoms with Gasteiger partial charge < -0.3 is 0 Å². The molecule has 0 saturated carbocycles. The molecule has 0 bridgehead atoms. The van der Waals surface area contributed by atoms with E-state index >= 15 is 0 Å². The number of nitrogens with one attached hydrogen (secondary N) is 1. The van der Waals surface area contributed by atoms with Crippen LogP contribution in [0.4, 0.5) is 5.69 Å². The molecule has 1 aromatic rings. The highest BCUT2D eigenvalue weighted by Crippen LogP contribution is 2.27. The number of allylic oxidation sites excluding steroid dienone is 2. The average molecular weight is 375 g/mol. The first-order chi connectivity index (χ1) is 9.90. The minimum Gasteiger partial charge on any atom is -0.258 e. The largest absolute Gasteiger partial charge is 0.289 e. The summed E-state index contributed by atoms with van der Waals surface area (Å²) >= 11 is 3.14. The van der Waals surface area contributed by atoms with E-state index < -0.39 is 20.6 Å². The van der Waals surface area contributed by atoms with Crippen LogP contribution < -0.4 is 4.72 Å². The van der Waals surface area contributed by atoms with E-state index in [0.29, 0.717) is 4.47 Å². The molecule has 0 aliphatic heterocycles. The first-order valence-corrected chi connectivity index (χ1v) is 8.76. The Hall–Kier alpha value is -1.25. The Kier molecular flexibility index (Phi) is 5.13. The second kappa shape index (κ2) is 6.67. The molecule has 21 heavy (non-hydrogen) atoms. The number of sulfonamides is 1. The summed E-state index contributed by atoms with van der Waals surface area (Å²) in [6.45, 7) is 0.288. The summed E-state index contributed by atoms with van der Waals surface area (Å²) < 4.78 is 27.6. The van der Waals surface area contributed by atoms with E-state index in [4.69, 9.17) is 0 Å². The molecule has 1 atom stereocenters. The smallest absolute Gasteiger partial charge is 0.258 e. The molecule has 6 nitrogen and oxygen atoms in total. The monoisotopic (exact) mass is 374 g/mol. The molecule has 0 aromatic heterocycles. The van der Waals surface area contributed by atoms with E-state index in [2.05, 4.69) is 26.7 Å². The number of nitro groups is 1. The molecular formula is C13H15BrN2O4S. The highest BCUT2D eigenvalue weighted by atomic mass is 79.9. The second-order valence-electron chi connectivity index (χ2n) is 4.87. The molecule has 0 amide bonds. The minimum atomic E-state index is -3.90. The lowest BCUT2D eigenvalue weighted by Crippen LogP contribution is -2.30. The Balaban J connectivity index is 2.20. The fourth-order valence-electron chi connectivity index (χ4n) is 2.20. The number of hydrogen-bond donors (Lipinski definition) is 1. The van der Waals surface area contributed by atoms with Gasteiger partial charge in [0.1, 0.15) is 0 Å². The van der Waals surface area contributed by atoms with E-state index in [0.717, 1.165) is 19.3 Å². The lowest BCUT2D eigenvalue weighted by molar-refractivity contribution is -0.387. The van der Waals surface area contributed by atoms with E-state index in [-0.39, 0.29) is 17.4 Å². The second-order valence-corrected chi connectivity index (χ2v) is 7.52. The van der Waals surface area contributed by atoms with Gasteiger partial charge in [-0.1, -0.05) is 28.1 Å². The average Bonchev–Trinajstić information content (AvgIpc) is 2.46. The number of nitro benzene ring substituents is 1. The molecule has 0 spiro atoms. The molecule has 1 aromatic carbocycles. The van der Waals surface area contributed by atoms with Gasteiger partial charge in [0.15, 0.2) is 4.90 Å². The van der Waals surface area contributed by atoms with Gasteiger partial charge in [-0.25, -0.2) is 13.1 Å². The Labute approximate surface area is 131 Å². The van der Waals surface area contributed by atoms with E-state index in [1.165, 1.54) is 18.2 Å². The lowest BCUT2D eigenvalue weighted by atomic mass is 9.95. The highest BCUT2D eigenvalue weighted by molar-refractivity contribution is 9.10. The fraction of sp³-hybridized carbons (Fsp3) is 0.385. The third kappa shape index (κ3) is 4.12. The topological polar surface area (TPSA) is 89.3 Å². The SMILES string of the molecule is O=[N+]([O-])c1ccc(Br)cc1S(=O)(=O)NCC1CC=CCC1. The number of halogens is 1. The number of rotatable bonds is 5. The first kappa shape index (κ1) is 16.1. The predicted molar refractivity (Wildman–Crippen MR) is 82.5 cm³/mol. The first-order valence-electron chi connectivity index (χ1n) is 6.49. The van der Waals surface area contributed by atoms with Crippen molar-refractivity contribution in [1.29, 1.82) is 0 Å². The number of hydrogen-bond acceptors (Lipinski definition) is 4. The van der Waals surface area contributed by atoms with Gasteiger partial charge in [0.25, 0.3) is 5.69 Å². The third-order valence-electron chi connectivity index (χ3n) is 3.35. The van der Waals surface area contributed by atoms with Gasteiger partial charge in [-0.2, -0.15) is 0 Å². The molecule has 114 valence electrons. The van der Waals surface area contributed by atoms with E-state index in [9.17, 15) is 18.5 Å². The molecule has 2 rings (SSSR count). The summed E-state index contributed by atoms with van der Waals surface area (Å²) in [5, 5.41) is 11.0. The molecule has 0 fully saturated rings. The van der Waals surface area contributed by atoms with Gasteiger partial charge >= 0.3 is 0 Å². The Morgan fingerprint density at radius 2 is 2.14 bits per heavy atom. The number of nitrogens with zero attached hydrogens (tertiary/aromatic N) is 1. The van der Waals surface area contributed by atoms with Crippen molar-refractivity contribution in [2.24, 2.45) is 5.92 Å². The summed E-state index contributed by atoms with van der Waals surface area (Å²) in [6, 6.07) is 3.88. The van der Waals surface area contributed by atoms with Crippen LogP contribution in [-0.2, 0) is 10.0 Å². The fourth-order valence-corrected chi connectivity index (χ4v) is 4.02. The highest BCUT2D eigenvalue weighted by Gasteiger charge is 2.26. The van der Waals surface area contributed by atoms with Crippen LogP contribution in [0.25, 0.3) is 0 Å². The normalized spacial score (nSPS) is 18.6. The molecule has 0 heterocycles. The molecule has 1 N–H and O–H groups in total. The van der Waals surface area contributed by atoms with Crippen LogP contribution in [-0.4, -0.2) is 19.9 Å². The van der Waals surface area contributed by atoms with Crippen LogP contribution in [0.5, 0.6) is 0 Å². The van der Waals surface area contributed by atoms with E-state index in [1.54, 1.807) is 0 Å². The summed E-state index contributed by atoms with van der Waals surface area (Å²) in [5.41, 5.74) is -0.422. The van der Waals surface area contributed by atoms with Gasteiger partial charge in [0, 0.05) is 17.1 Å². The van der Waals surface area contributed by atoms with Crippen molar-refractivity contribution in [3.05, 3.63) is 44.9 Å². The van der Waals surface area contributed by atoms with Crippen LogP contribution in [0.15, 0.2) is 39.7 Å². The van der Waals surface area contributed by atoms with Crippen molar-refractivity contribution >= 4 is 31.6 Å². The predicted octanol–water partition coefficient (Wildman–Crippen LogP) is 2.99. The van der Waals surface area contributed by atoms with Crippen molar-refractivity contribution < 1.29 is 13.3 Å². The molecule has 0 saturated heterocycles. The zero-order chi connectivity index (χ0) is 15.5. The maximum Gasteiger partial charge on any atom is 0.289 e. The van der Waals surface area contributed by atoms with Crippen molar-refractivity contribution in [2.75, 3.05) is 6.54 Å². The van der Waals surface area contributed by atoms with Crippen molar-refractivity contribution in [1.82, 2.24) is 4.72 Å². The third-order valence-corrected chi connectivity index (χ3v) is 5.29. The molecule has 1 aliphatic carbocycles. The van der Waals surface area contributed by atoms with E-state index in [1.807, 2.05) is 6.08 Å². The zero-order valence-electron chi connectivity index (χ0n) is 11.2. The summed E-state index contributed by atoms with van der Waals surface area (Å²) in [6.07, 6.45) is 6.78. The van der Waals surface area contributed by atoms with Gasteiger partial charge in [0.2, 0.25) is 10.0 Å². The van der Waals surface area contributed by atoms with Crippen LogP contribution in [0.2, 0.25) is 0 Å². The Morgan fingerprint density at radius 3 is 2.76 bits per heavy atom. The van der Waals surface area contributed by atoms with Crippen LogP contribution >= 0.6 is 15.9 Å². The van der Waals surface area contributed by atoms with Crippen molar-refractivity contribution in [2.45, 2.75) is 24.2 Å². The maximum absolute atomic E-state index is 12.3. The number of benzene rings is 1. The molecule has 1 aliphatic rings. The minimum absolute atomic E-state index is 0.232.